The van der Waals surface area contributed by atoms with Crippen LogP contribution in [0.15, 0.2) is 22.7 Å². The first-order valence-electron chi connectivity index (χ1n) is 5.77. The maximum absolute atomic E-state index is 13.3. The minimum Gasteiger partial charge on any atom is -0.490 e. The smallest absolute Gasteiger partial charge is 0.141 e. The SMILES string of the molecule is CCC1(C)C(O)CC1Oc1ccc(Br)c(F)c1. The molecule has 2 nitrogen and oxygen atoms in total. The van der Waals surface area contributed by atoms with Crippen molar-refractivity contribution in [3.63, 3.8) is 0 Å². The molecule has 0 spiro atoms. The maximum atomic E-state index is 13.3. The highest BCUT2D eigenvalue weighted by molar-refractivity contribution is 9.10. The molecular weight excluding hydrogens is 287 g/mol. The number of hydrogen-bond donors (Lipinski definition) is 1. The van der Waals surface area contributed by atoms with Gasteiger partial charge in [-0.3, -0.25) is 0 Å². The summed E-state index contributed by atoms with van der Waals surface area (Å²) in [5, 5.41) is 9.75. The molecule has 94 valence electrons. The van der Waals surface area contributed by atoms with Crippen molar-refractivity contribution >= 4 is 15.9 Å². The number of ether oxygens (including phenoxy) is 1. The van der Waals surface area contributed by atoms with Gasteiger partial charge in [0, 0.05) is 17.9 Å². The van der Waals surface area contributed by atoms with Crippen LogP contribution in [0.3, 0.4) is 0 Å². The van der Waals surface area contributed by atoms with Gasteiger partial charge in [-0.05, 0) is 34.5 Å². The largest absolute Gasteiger partial charge is 0.490 e. The fourth-order valence-corrected chi connectivity index (χ4v) is 2.40. The van der Waals surface area contributed by atoms with Gasteiger partial charge in [0.1, 0.15) is 17.7 Å². The molecule has 0 radical (unpaired) electrons. The fourth-order valence-electron chi connectivity index (χ4n) is 2.16. The van der Waals surface area contributed by atoms with Gasteiger partial charge in [0.25, 0.3) is 0 Å². The Morgan fingerprint density at radius 3 is 2.82 bits per heavy atom. The van der Waals surface area contributed by atoms with Crippen LogP contribution in [0.1, 0.15) is 26.7 Å². The molecule has 0 bridgehead atoms. The number of rotatable bonds is 3. The first-order chi connectivity index (χ1) is 7.97. The summed E-state index contributed by atoms with van der Waals surface area (Å²) >= 11 is 3.10. The molecule has 1 N–H and O–H groups in total. The van der Waals surface area contributed by atoms with Crippen molar-refractivity contribution in [2.24, 2.45) is 5.41 Å². The van der Waals surface area contributed by atoms with E-state index in [0.29, 0.717) is 16.6 Å². The molecule has 0 aliphatic heterocycles. The summed E-state index contributed by atoms with van der Waals surface area (Å²) in [5.74, 6) is 0.183. The monoisotopic (exact) mass is 302 g/mol. The molecule has 0 aromatic heterocycles. The minimum atomic E-state index is -0.333. The lowest BCUT2D eigenvalue weighted by Crippen LogP contribution is -2.57. The van der Waals surface area contributed by atoms with E-state index in [1.165, 1.54) is 6.07 Å². The van der Waals surface area contributed by atoms with E-state index in [4.69, 9.17) is 4.74 Å². The Balaban J connectivity index is 2.09. The molecule has 3 atom stereocenters. The van der Waals surface area contributed by atoms with Gasteiger partial charge in [0.15, 0.2) is 0 Å². The molecule has 1 aromatic carbocycles. The molecule has 17 heavy (non-hydrogen) atoms. The Labute approximate surface area is 109 Å². The molecular formula is C13H16BrFO2. The molecule has 4 heteroatoms. The van der Waals surface area contributed by atoms with Gasteiger partial charge < -0.3 is 9.84 Å². The average Bonchev–Trinajstić information content (AvgIpc) is 2.32. The molecule has 3 unspecified atom stereocenters. The van der Waals surface area contributed by atoms with Crippen LogP contribution in [-0.4, -0.2) is 17.3 Å². The molecule has 1 aliphatic rings. The van der Waals surface area contributed by atoms with Crippen LogP contribution in [0.5, 0.6) is 5.75 Å². The van der Waals surface area contributed by atoms with E-state index in [9.17, 15) is 9.50 Å². The van der Waals surface area contributed by atoms with Crippen LogP contribution in [0.4, 0.5) is 4.39 Å². The summed E-state index contributed by atoms with van der Waals surface area (Å²) in [6, 6.07) is 4.72. The molecule has 0 saturated heterocycles. The second-order valence-corrected chi connectivity index (χ2v) is 5.65. The lowest BCUT2D eigenvalue weighted by molar-refractivity contribution is -0.147. The van der Waals surface area contributed by atoms with Crippen LogP contribution in [0, 0.1) is 11.2 Å². The van der Waals surface area contributed by atoms with Crippen molar-refractivity contribution in [3.05, 3.63) is 28.5 Å². The number of aliphatic hydroxyl groups is 1. The van der Waals surface area contributed by atoms with Crippen molar-refractivity contribution < 1.29 is 14.2 Å². The van der Waals surface area contributed by atoms with Gasteiger partial charge in [-0.15, -0.1) is 0 Å². The predicted molar refractivity (Wildman–Crippen MR) is 67.5 cm³/mol. The second-order valence-electron chi connectivity index (χ2n) is 4.79. The van der Waals surface area contributed by atoms with E-state index in [2.05, 4.69) is 15.9 Å². The van der Waals surface area contributed by atoms with E-state index in [0.717, 1.165) is 6.42 Å². The number of hydrogen-bond acceptors (Lipinski definition) is 2. The van der Waals surface area contributed by atoms with Gasteiger partial charge >= 0.3 is 0 Å². The highest BCUT2D eigenvalue weighted by Crippen LogP contribution is 2.46. The number of halogens is 2. The molecule has 1 aliphatic carbocycles. The summed E-state index contributed by atoms with van der Waals surface area (Å²) in [7, 11) is 0. The molecule has 2 rings (SSSR count). The highest BCUT2D eigenvalue weighted by atomic mass is 79.9. The number of benzene rings is 1. The molecule has 1 saturated carbocycles. The van der Waals surface area contributed by atoms with Crippen LogP contribution in [0.2, 0.25) is 0 Å². The summed E-state index contributed by atoms with van der Waals surface area (Å²) in [6.45, 7) is 4.03. The Bertz CT molecular complexity index is 424. The van der Waals surface area contributed by atoms with Gasteiger partial charge in [0.2, 0.25) is 0 Å². The van der Waals surface area contributed by atoms with Crippen molar-refractivity contribution in [2.75, 3.05) is 0 Å². The Morgan fingerprint density at radius 2 is 2.29 bits per heavy atom. The minimum absolute atomic E-state index is 0.0388. The summed E-state index contributed by atoms with van der Waals surface area (Å²) in [6.07, 6.45) is 1.10. The van der Waals surface area contributed by atoms with E-state index < -0.39 is 0 Å². The molecule has 1 fully saturated rings. The standard InChI is InChI=1S/C13H16BrFO2/c1-3-13(2)11(16)7-12(13)17-8-4-5-9(14)10(15)6-8/h4-6,11-12,16H,3,7H2,1-2H3. The first kappa shape index (κ1) is 12.8. The third kappa shape index (κ3) is 2.20. The van der Waals surface area contributed by atoms with Crippen molar-refractivity contribution in [2.45, 2.75) is 38.9 Å². The van der Waals surface area contributed by atoms with E-state index in [1.807, 2.05) is 13.8 Å². The summed E-state index contributed by atoms with van der Waals surface area (Å²) in [5.41, 5.74) is -0.219. The molecule has 0 amide bonds. The van der Waals surface area contributed by atoms with Crippen LogP contribution < -0.4 is 4.74 Å². The van der Waals surface area contributed by atoms with Crippen molar-refractivity contribution in [3.8, 4) is 5.75 Å². The van der Waals surface area contributed by atoms with Gasteiger partial charge in [-0.1, -0.05) is 13.8 Å². The normalized spacial score (nSPS) is 32.1. The maximum Gasteiger partial charge on any atom is 0.141 e. The van der Waals surface area contributed by atoms with E-state index >= 15 is 0 Å². The zero-order valence-corrected chi connectivity index (χ0v) is 11.5. The van der Waals surface area contributed by atoms with Gasteiger partial charge in [-0.25, -0.2) is 4.39 Å². The van der Waals surface area contributed by atoms with Crippen LogP contribution in [-0.2, 0) is 0 Å². The molecule has 1 aromatic rings. The molecule has 0 heterocycles. The summed E-state index contributed by atoms with van der Waals surface area (Å²) < 4.78 is 19.5. The zero-order chi connectivity index (χ0) is 12.6. The highest BCUT2D eigenvalue weighted by Gasteiger charge is 2.51. The predicted octanol–water partition coefficient (Wildman–Crippen LogP) is 3.52. The fraction of sp³-hybridized carbons (Fsp3) is 0.538. The second kappa shape index (κ2) is 4.58. The Hall–Kier alpha value is -0.610. The van der Waals surface area contributed by atoms with Crippen LogP contribution in [0.25, 0.3) is 0 Å². The number of aliphatic hydroxyl groups excluding tert-OH is 1. The Morgan fingerprint density at radius 1 is 1.59 bits per heavy atom. The van der Waals surface area contributed by atoms with Gasteiger partial charge in [-0.2, -0.15) is 0 Å². The zero-order valence-electron chi connectivity index (χ0n) is 9.91. The van der Waals surface area contributed by atoms with Crippen LogP contribution >= 0.6 is 15.9 Å². The topological polar surface area (TPSA) is 29.5 Å². The van der Waals surface area contributed by atoms with Crippen molar-refractivity contribution in [1.29, 1.82) is 0 Å². The van der Waals surface area contributed by atoms with E-state index in [-0.39, 0.29) is 23.4 Å². The van der Waals surface area contributed by atoms with Gasteiger partial charge in [0.05, 0.1) is 10.6 Å². The summed E-state index contributed by atoms with van der Waals surface area (Å²) in [4.78, 5) is 0. The lowest BCUT2D eigenvalue weighted by Gasteiger charge is -2.50. The first-order valence-corrected chi connectivity index (χ1v) is 6.56. The Kier molecular flexibility index (Phi) is 3.46. The van der Waals surface area contributed by atoms with Crippen molar-refractivity contribution in [1.82, 2.24) is 0 Å². The quantitative estimate of drug-likeness (QED) is 0.926. The lowest BCUT2D eigenvalue weighted by atomic mass is 9.63. The third-order valence-corrected chi connectivity index (χ3v) is 4.51. The van der Waals surface area contributed by atoms with E-state index in [1.54, 1.807) is 12.1 Å². The third-order valence-electron chi connectivity index (χ3n) is 3.87. The average molecular weight is 303 g/mol.